The molecule has 118 valence electrons. The van der Waals surface area contributed by atoms with Crippen LogP contribution in [0, 0.1) is 5.82 Å². The van der Waals surface area contributed by atoms with Gasteiger partial charge in [-0.15, -0.1) is 0 Å². The molecule has 0 bridgehead atoms. The molecule has 1 amide bonds. The maximum absolute atomic E-state index is 13.5. The number of nitrogens with two attached hydrogens (primary N) is 1. The average Bonchev–Trinajstić information content (AvgIpc) is 2.47. The molecule has 0 saturated heterocycles. The lowest BCUT2D eigenvalue weighted by Gasteiger charge is -2.17. The molecule has 1 rings (SSSR count). The van der Waals surface area contributed by atoms with Crippen LogP contribution >= 0.6 is 11.8 Å². The van der Waals surface area contributed by atoms with Crippen LogP contribution < -0.4 is 11.1 Å². The van der Waals surface area contributed by atoms with Gasteiger partial charge in [0, 0.05) is 30.2 Å². The summed E-state index contributed by atoms with van der Waals surface area (Å²) < 4.78 is 13.5. The van der Waals surface area contributed by atoms with Gasteiger partial charge in [0.2, 0.25) is 5.91 Å². The quantitative estimate of drug-likeness (QED) is 0.544. The van der Waals surface area contributed by atoms with Gasteiger partial charge < -0.3 is 16.0 Å². The first-order chi connectivity index (χ1) is 10.1. The molecule has 3 N–H and O–H groups in total. The van der Waals surface area contributed by atoms with E-state index < -0.39 is 5.82 Å². The molecule has 0 aliphatic heterocycles. The van der Waals surface area contributed by atoms with E-state index in [1.54, 1.807) is 11.8 Å². The lowest BCUT2D eigenvalue weighted by Crippen LogP contribution is -2.25. The minimum atomic E-state index is -0.466. The van der Waals surface area contributed by atoms with Crippen molar-refractivity contribution in [2.45, 2.75) is 20.3 Å². The lowest BCUT2D eigenvalue weighted by atomic mass is 10.2. The van der Waals surface area contributed by atoms with E-state index in [1.165, 1.54) is 18.2 Å². The van der Waals surface area contributed by atoms with Crippen LogP contribution in [0.5, 0.6) is 0 Å². The molecule has 1 aromatic rings. The molecule has 0 radical (unpaired) electrons. The van der Waals surface area contributed by atoms with Crippen LogP contribution in [-0.2, 0) is 4.79 Å². The number of hydrogen-bond donors (Lipinski definition) is 2. The second kappa shape index (κ2) is 9.63. The highest BCUT2D eigenvalue weighted by Crippen LogP contribution is 2.17. The zero-order valence-electron chi connectivity index (χ0n) is 12.7. The monoisotopic (exact) mass is 313 g/mol. The highest BCUT2D eigenvalue weighted by Gasteiger charge is 2.07. The fourth-order valence-electron chi connectivity index (χ4n) is 1.85. The molecular formula is C15H24FN3OS. The van der Waals surface area contributed by atoms with Crippen LogP contribution in [0.25, 0.3) is 0 Å². The summed E-state index contributed by atoms with van der Waals surface area (Å²) in [7, 11) is 0. The number of hydrogen-bond acceptors (Lipinski definition) is 4. The van der Waals surface area contributed by atoms with Crippen molar-refractivity contribution in [2.24, 2.45) is 0 Å². The van der Waals surface area contributed by atoms with Crippen molar-refractivity contribution in [3.05, 3.63) is 24.0 Å². The van der Waals surface area contributed by atoms with Crippen LogP contribution in [0.2, 0.25) is 0 Å². The molecule has 1 aromatic carbocycles. The van der Waals surface area contributed by atoms with Crippen molar-refractivity contribution in [1.29, 1.82) is 0 Å². The van der Waals surface area contributed by atoms with Gasteiger partial charge in [-0.3, -0.25) is 4.79 Å². The summed E-state index contributed by atoms with van der Waals surface area (Å²) in [5, 5.41) is 2.56. The number of thioether (sulfide) groups is 1. The molecule has 0 aromatic heterocycles. The predicted molar refractivity (Wildman–Crippen MR) is 89.2 cm³/mol. The van der Waals surface area contributed by atoms with E-state index in [1.807, 2.05) is 0 Å². The van der Waals surface area contributed by atoms with Gasteiger partial charge in [0.05, 0.1) is 5.69 Å². The van der Waals surface area contributed by atoms with Crippen molar-refractivity contribution in [1.82, 2.24) is 4.90 Å². The Balaban J connectivity index is 2.24. The second-order valence-corrected chi connectivity index (χ2v) is 5.90. The third-order valence-electron chi connectivity index (χ3n) is 3.18. The average molecular weight is 313 g/mol. The summed E-state index contributed by atoms with van der Waals surface area (Å²) in [6.45, 7) is 7.41. The summed E-state index contributed by atoms with van der Waals surface area (Å²) in [5.41, 5.74) is 6.15. The molecule has 0 atom stereocenters. The number of carbonyl (C=O) groups is 1. The minimum Gasteiger partial charge on any atom is -0.399 e. The molecule has 0 aliphatic carbocycles. The first-order valence-electron chi connectivity index (χ1n) is 7.21. The Kier molecular flexibility index (Phi) is 8.15. The zero-order valence-corrected chi connectivity index (χ0v) is 13.5. The third-order valence-corrected chi connectivity index (χ3v) is 4.15. The number of anilines is 2. The Labute approximate surface area is 130 Å². The molecule has 0 spiro atoms. The van der Waals surface area contributed by atoms with Crippen LogP contribution in [-0.4, -0.2) is 41.9 Å². The van der Waals surface area contributed by atoms with E-state index in [0.717, 1.165) is 31.1 Å². The minimum absolute atomic E-state index is 0.146. The van der Waals surface area contributed by atoms with Gasteiger partial charge in [-0.25, -0.2) is 4.39 Å². The Morgan fingerprint density at radius 3 is 2.71 bits per heavy atom. The molecule has 6 heteroatoms. The number of rotatable bonds is 9. The van der Waals surface area contributed by atoms with Crippen molar-refractivity contribution in [3.8, 4) is 0 Å². The van der Waals surface area contributed by atoms with Crippen LogP contribution in [0.3, 0.4) is 0 Å². The topological polar surface area (TPSA) is 58.4 Å². The third kappa shape index (κ3) is 6.82. The summed E-state index contributed by atoms with van der Waals surface area (Å²) in [6.07, 6.45) is 0.372. The smallest absolute Gasteiger partial charge is 0.225 e. The zero-order chi connectivity index (χ0) is 15.7. The molecule has 21 heavy (non-hydrogen) atoms. The normalized spacial score (nSPS) is 10.9. The molecule has 0 saturated carbocycles. The number of amides is 1. The molecular weight excluding hydrogens is 289 g/mol. The number of nitrogens with one attached hydrogen (secondary N) is 1. The molecule has 4 nitrogen and oxygen atoms in total. The molecule has 0 unspecified atom stereocenters. The maximum Gasteiger partial charge on any atom is 0.225 e. The van der Waals surface area contributed by atoms with Gasteiger partial charge in [-0.05, 0) is 31.3 Å². The Morgan fingerprint density at radius 2 is 2.05 bits per heavy atom. The SMILES string of the molecule is CCN(CC)CCSCCC(=O)Nc1cc(N)ccc1F. The molecule has 0 fully saturated rings. The maximum atomic E-state index is 13.5. The van der Waals surface area contributed by atoms with Gasteiger partial charge in [0.15, 0.2) is 0 Å². The summed E-state index contributed by atoms with van der Waals surface area (Å²) in [6, 6.07) is 4.15. The highest BCUT2D eigenvalue weighted by atomic mass is 32.2. The van der Waals surface area contributed by atoms with E-state index in [9.17, 15) is 9.18 Å². The number of carbonyl (C=O) groups excluding carboxylic acids is 1. The number of nitrogens with zero attached hydrogens (tertiary/aromatic N) is 1. The summed E-state index contributed by atoms with van der Waals surface area (Å²) in [5.74, 6) is 1.08. The van der Waals surface area contributed by atoms with Crippen molar-refractivity contribution in [2.75, 3.05) is 42.2 Å². The van der Waals surface area contributed by atoms with Crippen LogP contribution in [0.4, 0.5) is 15.8 Å². The highest BCUT2D eigenvalue weighted by molar-refractivity contribution is 7.99. The van der Waals surface area contributed by atoms with Crippen LogP contribution in [0.1, 0.15) is 20.3 Å². The largest absolute Gasteiger partial charge is 0.399 e. The van der Waals surface area contributed by atoms with E-state index in [-0.39, 0.29) is 11.6 Å². The van der Waals surface area contributed by atoms with Crippen molar-refractivity contribution >= 4 is 29.0 Å². The molecule has 0 heterocycles. The van der Waals surface area contributed by atoms with Crippen molar-refractivity contribution < 1.29 is 9.18 Å². The van der Waals surface area contributed by atoms with Crippen LogP contribution in [0.15, 0.2) is 18.2 Å². The second-order valence-electron chi connectivity index (χ2n) is 4.68. The van der Waals surface area contributed by atoms with Gasteiger partial charge >= 0.3 is 0 Å². The van der Waals surface area contributed by atoms with E-state index in [2.05, 4.69) is 24.1 Å². The number of nitrogen functional groups attached to an aromatic ring is 1. The Hall–Kier alpha value is -1.27. The molecule has 0 aliphatic rings. The number of halogens is 1. The van der Waals surface area contributed by atoms with Gasteiger partial charge in [-0.2, -0.15) is 11.8 Å². The predicted octanol–water partition coefficient (Wildman–Crippen LogP) is 2.81. The first-order valence-corrected chi connectivity index (χ1v) is 8.37. The van der Waals surface area contributed by atoms with Gasteiger partial charge in [-0.1, -0.05) is 13.8 Å². The first kappa shape index (κ1) is 17.8. The van der Waals surface area contributed by atoms with Crippen molar-refractivity contribution in [3.63, 3.8) is 0 Å². The Morgan fingerprint density at radius 1 is 1.33 bits per heavy atom. The standard InChI is InChI=1S/C15H24FN3OS/c1-3-19(4-2)8-10-21-9-7-15(20)18-14-11-12(17)5-6-13(14)16/h5-6,11H,3-4,7-10,17H2,1-2H3,(H,18,20). The lowest BCUT2D eigenvalue weighted by molar-refractivity contribution is -0.115. The Bertz CT molecular complexity index is 453. The van der Waals surface area contributed by atoms with Gasteiger partial charge in [0.25, 0.3) is 0 Å². The van der Waals surface area contributed by atoms with E-state index in [0.29, 0.717) is 12.1 Å². The number of benzene rings is 1. The van der Waals surface area contributed by atoms with E-state index >= 15 is 0 Å². The summed E-state index contributed by atoms with van der Waals surface area (Å²) in [4.78, 5) is 14.1. The summed E-state index contributed by atoms with van der Waals surface area (Å²) >= 11 is 1.74. The van der Waals surface area contributed by atoms with E-state index in [4.69, 9.17) is 5.73 Å². The fraction of sp³-hybridized carbons (Fsp3) is 0.533. The fourth-order valence-corrected chi connectivity index (χ4v) is 2.77. The van der Waals surface area contributed by atoms with Gasteiger partial charge in [0.1, 0.15) is 5.82 Å².